The van der Waals surface area contributed by atoms with Gasteiger partial charge in [0.2, 0.25) is 0 Å². The van der Waals surface area contributed by atoms with Crippen LogP contribution in [-0.4, -0.2) is 20.1 Å². The minimum absolute atomic E-state index is 0.471. The Balaban J connectivity index is 2.82. The van der Waals surface area contributed by atoms with Gasteiger partial charge in [0.25, 0.3) is 0 Å². The predicted octanol–water partition coefficient (Wildman–Crippen LogP) is 3.20. The van der Waals surface area contributed by atoms with E-state index in [1.165, 1.54) is 11.3 Å². The largest absolute Gasteiger partial charge is 0.372 e. The number of benzene rings is 1. The van der Waals surface area contributed by atoms with Crippen molar-refractivity contribution < 1.29 is 0 Å². The van der Waals surface area contributed by atoms with Crippen molar-refractivity contribution in [2.45, 2.75) is 39.3 Å². The van der Waals surface area contributed by atoms with Crippen molar-refractivity contribution in [1.29, 1.82) is 0 Å². The van der Waals surface area contributed by atoms with E-state index in [1.54, 1.807) is 0 Å². The van der Waals surface area contributed by atoms with Crippen LogP contribution in [0.2, 0.25) is 0 Å². The van der Waals surface area contributed by atoms with Gasteiger partial charge < -0.3 is 10.2 Å². The number of nitrogens with zero attached hydrogens (tertiary/aromatic N) is 1. The van der Waals surface area contributed by atoms with Crippen LogP contribution in [0.1, 0.15) is 38.8 Å². The quantitative estimate of drug-likeness (QED) is 0.819. The molecule has 0 aliphatic rings. The second-order valence-electron chi connectivity index (χ2n) is 4.55. The molecule has 0 radical (unpaired) electrons. The lowest BCUT2D eigenvalue weighted by Crippen LogP contribution is -2.25. The van der Waals surface area contributed by atoms with Crippen LogP contribution in [-0.2, 0) is 0 Å². The highest BCUT2D eigenvalue weighted by Gasteiger charge is 2.08. The molecular weight excluding hydrogens is 196 g/mol. The van der Waals surface area contributed by atoms with Gasteiger partial charge in [-0.25, -0.2) is 0 Å². The molecule has 0 heterocycles. The average Bonchev–Trinajstić information content (AvgIpc) is 2.30. The summed E-state index contributed by atoms with van der Waals surface area (Å²) in [5.41, 5.74) is 2.65. The van der Waals surface area contributed by atoms with E-state index in [9.17, 15) is 0 Å². The van der Waals surface area contributed by atoms with Gasteiger partial charge >= 0.3 is 0 Å². The number of anilines is 1. The van der Waals surface area contributed by atoms with E-state index in [2.05, 4.69) is 62.3 Å². The first-order valence-electron chi connectivity index (χ1n) is 6.10. The lowest BCUT2D eigenvalue weighted by molar-refractivity contribution is 0.577. The second-order valence-corrected chi connectivity index (χ2v) is 4.55. The number of hydrogen-bond acceptors (Lipinski definition) is 2. The standard InChI is InChI=1S/C14H24N2/c1-6-14(15-4)12-7-9-13(10-8-12)16(5)11(2)3/h7-11,14-15H,6H2,1-5H3. The number of hydrogen-bond donors (Lipinski definition) is 1. The smallest absolute Gasteiger partial charge is 0.0366 e. The molecule has 0 saturated carbocycles. The molecule has 0 bridgehead atoms. The van der Waals surface area contributed by atoms with E-state index >= 15 is 0 Å². The summed E-state index contributed by atoms with van der Waals surface area (Å²) in [4.78, 5) is 2.28. The Kier molecular flexibility index (Phi) is 4.81. The molecule has 1 rings (SSSR count). The molecule has 0 aromatic heterocycles. The van der Waals surface area contributed by atoms with Gasteiger partial charge in [-0.2, -0.15) is 0 Å². The van der Waals surface area contributed by atoms with E-state index in [1.807, 2.05) is 7.05 Å². The lowest BCUT2D eigenvalue weighted by atomic mass is 10.0. The first-order valence-corrected chi connectivity index (χ1v) is 6.10. The van der Waals surface area contributed by atoms with E-state index in [0.717, 1.165) is 6.42 Å². The molecule has 0 aliphatic heterocycles. The summed E-state index contributed by atoms with van der Waals surface area (Å²) < 4.78 is 0. The molecule has 0 spiro atoms. The lowest BCUT2D eigenvalue weighted by Gasteiger charge is -2.24. The molecule has 0 aliphatic carbocycles. The van der Waals surface area contributed by atoms with Crippen LogP contribution in [0.15, 0.2) is 24.3 Å². The fraction of sp³-hybridized carbons (Fsp3) is 0.571. The Hall–Kier alpha value is -1.02. The maximum atomic E-state index is 3.33. The highest BCUT2D eigenvalue weighted by molar-refractivity contribution is 5.47. The highest BCUT2D eigenvalue weighted by atomic mass is 15.1. The van der Waals surface area contributed by atoms with E-state index in [4.69, 9.17) is 0 Å². The van der Waals surface area contributed by atoms with Crippen LogP contribution >= 0.6 is 0 Å². The van der Waals surface area contributed by atoms with E-state index in [-0.39, 0.29) is 0 Å². The molecule has 1 unspecified atom stereocenters. The van der Waals surface area contributed by atoms with Gasteiger partial charge in [-0.3, -0.25) is 0 Å². The van der Waals surface area contributed by atoms with Gasteiger partial charge in [0.15, 0.2) is 0 Å². The zero-order valence-corrected chi connectivity index (χ0v) is 11.1. The molecule has 0 saturated heterocycles. The normalized spacial score (nSPS) is 12.9. The molecule has 1 aromatic rings. The summed E-state index contributed by atoms with van der Waals surface area (Å²) in [5, 5.41) is 3.33. The number of nitrogens with one attached hydrogen (secondary N) is 1. The topological polar surface area (TPSA) is 15.3 Å². The van der Waals surface area contributed by atoms with Gasteiger partial charge in [0, 0.05) is 24.8 Å². The molecule has 1 atom stereocenters. The Morgan fingerprint density at radius 1 is 1.19 bits per heavy atom. The maximum absolute atomic E-state index is 3.33. The monoisotopic (exact) mass is 220 g/mol. The van der Waals surface area contributed by atoms with Gasteiger partial charge in [-0.15, -0.1) is 0 Å². The third kappa shape index (κ3) is 2.99. The molecule has 1 N–H and O–H groups in total. The summed E-state index contributed by atoms with van der Waals surface area (Å²) in [5.74, 6) is 0. The van der Waals surface area contributed by atoms with Crippen LogP contribution in [0.25, 0.3) is 0 Å². The minimum atomic E-state index is 0.471. The molecule has 2 heteroatoms. The van der Waals surface area contributed by atoms with E-state index in [0.29, 0.717) is 12.1 Å². The number of rotatable bonds is 5. The van der Waals surface area contributed by atoms with Crippen LogP contribution < -0.4 is 10.2 Å². The first-order chi connectivity index (χ1) is 7.60. The third-order valence-corrected chi connectivity index (χ3v) is 3.23. The summed E-state index contributed by atoms with van der Waals surface area (Å²) >= 11 is 0. The van der Waals surface area contributed by atoms with Crippen LogP contribution in [0, 0.1) is 0 Å². The Bertz CT molecular complexity index is 278. The highest BCUT2D eigenvalue weighted by Crippen LogP contribution is 2.21. The fourth-order valence-corrected chi connectivity index (χ4v) is 1.85. The van der Waals surface area contributed by atoms with Crippen LogP contribution in [0.4, 0.5) is 5.69 Å². The maximum Gasteiger partial charge on any atom is 0.0366 e. The van der Waals surface area contributed by atoms with Crippen molar-refractivity contribution >= 4 is 5.69 Å². The van der Waals surface area contributed by atoms with Gasteiger partial charge in [-0.1, -0.05) is 19.1 Å². The Morgan fingerprint density at radius 3 is 2.12 bits per heavy atom. The minimum Gasteiger partial charge on any atom is -0.372 e. The van der Waals surface area contributed by atoms with Crippen molar-refractivity contribution in [2.75, 3.05) is 19.0 Å². The SMILES string of the molecule is CCC(NC)c1ccc(N(C)C(C)C)cc1. The molecule has 1 aromatic carbocycles. The molecule has 16 heavy (non-hydrogen) atoms. The van der Waals surface area contributed by atoms with Crippen molar-refractivity contribution in [3.8, 4) is 0 Å². The van der Waals surface area contributed by atoms with E-state index < -0.39 is 0 Å². The van der Waals surface area contributed by atoms with Crippen LogP contribution in [0.5, 0.6) is 0 Å². The van der Waals surface area contributed by atoms with Gasteiger partial charge in [-0.05, 0) is 45.0 Å². The first kappa shape index (κ1) is 13.0. The Morgan fingerprint density at radius 2 is 1.75 bits per heavy atom. The average molecular weight is 220 g/mol. The second kappa shape index (κ2) is 5.90. The van der Waals surface area contributed by atoms with Gasteiger partial charge in [0.05, 0.1) is 0 Å². The molecular formula is C14H24N2. The van der Waals surface area contributed by atoms with Crippen molar-refractivity contribution in [2.24, 2.45) is 0 Å². The molecule has 0 fully saturated rings. The predicted molar refractivity (Wildman–Crippen MR) is 72.1 cm³/mol. The van der Waals surface area contributed by atoms with Crippen molar-refractivity contribution in [1.82, 2.24) is 5.32 Å². The summed E-state index contributed by atoms with van der Waals surface area (Å²) in [6.45, 7) is 6.61. The molecule has 2 nitrogen and oxygen atoms in total. The third-order valence-electron chi connectivity index (χ3n) is 3.23. The molecule has 90 valence electrons. The zero-order valence-electron chi connectivity index (χ0n) is 11.1. The fourth-order valence-electron chi connectivity index (χ4n) is 1.85. The summed E-state index contributed by atoms with van der Waals surface area (Å²) in [6, 6.07) is 9.86. The van der Waals surface area contributed by atoms with Crippen molar-refractivity contribution in [3.05, 3.63) is 29.8 Å². The van der Waals surface area contributed by atoms with Crippen LogP contribution in [0.3, 0.4) is 0 Å². The van der Waals surface area contributed by atoms with Crippen molar-refractivity contribution in [3.63, 3.8) is 0 Å². The van der Waals surface area contributed by atoms with Gasteiger partial charge in [0.1, 0.15) is 0 Å². The zero-order chi connectivity index (χ0) is 12.1. The molecule has 0 amide bonds. The summed E-state index contributed by atoms with van der Waals surface area (Å²) in [7, 11) is 4.15. The summed E-state index contributed by atoms with van der Waals surface area (Å²) in [6.07, 6.45) is 1.12. The Labute approximate surface area is 99.7 Å².